The fraction of sp³-hybridized carbons (Fsp3) is 0.0800. The Morgan fingerprint density at radius 1 is 1.00 bits per heavy atom. The molecule has 0 saturated carbocycles. The maximum Gasteiger partial charge on any atom is 0.269 e. The van der Waals surface area contributed by atoms with Crippen molar-refractivity contribution in [2.24, 2.45) is 0 Å². The third-order valence-electron chi connectivity index (χ3n) is 5.03. The minimum atomic E-state index is -0.615. The highest BCUT2D eigenvalue weighted by Crippen LogP contribution is 2.42. The van der Waals surface area contributed by atoms with E-state index in [9.17, 15) is 14.9 Å². The van der Waals surface area contributed by atoms with E-state index < -0.39 is 11.2 Å². The number of rotatable bonds is 5. The van der Waals surface area contributed by atoms with Gasteiger partial charge in [-0.1, -0.05) is 70.8 Å². The molecule has 1 atom stereocenters. The van der Waals surface area contributed by atoms with Crippen LogP contribution in [-0.2, 0) is 16.0 Å². The fourth-order valence-electron chi connectivity index (χ4n) is 3.41. The highest BCUT2D eigenvalue weighted by Gasteiger charge is 2.40. The number of amides is 2. The van der Waals surface area contributed by atoms with Gasteiger partial charge in [0.1, 0.15) is 16.7 Å². The zero-order valence-electron chi connectivity index (χ0n) is 17.5. The standard InChI is InChI=1S/C25H16Cl3N3O2S/c26-16-7-9-17(10-8-16)30-23(32)19(14-29)25-31(18-4-2-1-3-5-18)24(33)22(34-25)13-15-6-11-20(27)21(28)12-15/h1-12,22H,13H2,(H,30,32)/b25-19-. The molecule has 3 aromatic carbocycles. The molecule has 1 N–H and O–H groups in total. The average Bonchev–Trinajstić information content (AvgIpc) is 3.14. The van der Waals surface area contributed by atoms with Crippen LogP contribution in [0.25, 0.3) is 0 Å². The molecule has 1 fully saturated rings. The molecular formula is C25H16Cl3N3O2S. The van der Waals surface area contributed by atoms with E-state index in [0.717, 1.165) is 5.56 Å². The number of hydrogen-bond acceptors (Lipinski definition) is 4. The van der Waals surface area contributed by atoms with Crippen molar-refractivity contribution < 1.29 is 9.59 Å². The van der Waals surface area contributed by atoms with Crippen molar-refractivity contribution in [3.8, 4) is 6.07 Å². The summed E-state index contributed by atoms with van der Waals surface area (Å²) >= 11 is 19.2. The lowest BCUT2D eigenvalue weighted by Crippen LogP contribution is -2.30. The number of benzene rings is 3. The Hall–Kier alpha value is -2.95. The first-order chi connectivity index (χ1) is 16.4. The summed E-state index contributed by atoms with van der Waals surface area (Å²) < 4.78 is 0. The van der Waals surface area contributed by atoms with Crippen LogP contribution in [0.15, 0.2) is 83.4 Å². The van der Waals surface area contributed by atoms with Gasteiger partial charge in [-0.25, -0.2) is 0 Å². The van der Waals surface area contributed by atoms with Crippen LogP contribution in [0.2, 0.25) is 15.1 Å². The number of hydrogen-bond donors (Lipinski definition) is 1. The second kappa shape index (κ2) is 10.5. The van der Waals surface area contributed by atoms with Crippen molar-refractivity contribution in [2.75, 3.05) is 10.2 Å². The van der Waals surface area contributed by atoms with E-state index in [1.807, 2.05) is 12.1 Å². The van der Waals surface area contributed by atoms with Crippen molar-refractivity contribution >= 4 is 69.8 Å². The maximum atomic E-state index is 13.5. The summed E-state index contributed by atoms with van der Waals surface area (Å²) in [4.78, 5) is 27.9. The van der Waals surface area contributed by atoms with Gasteiger partial charge in [-0.05, 0) is 60.5 Å². The number of nitriles is 1. The molecule has 5 nitrogen and oxygen atoms in total. The van der Waals surface area contributed by atoms with Gasteiger partial charge in [-0.2, -0.15) is 5.26 Å². The van der Waals surface area contributed by atoms with Crippen LogP contribution in [0, 0.1) is 11.3 Å². The second-order valence-electron chi connectivity index (χ2n) is 7.32. The highest BCUT2D eigenvalue weighted by molar-refractivity contribution is 8.05. The molecule has 0 radical (unpaired) electrons. The third kappa shape index (κ3) is 5.24. The molecule has 0 bridgehead atoms. The van der Waals surface area contributed by atoms with E-state index >= 15 is 0 Å². The van der Waals surface area contributed by atoms with Crippen LogP contribution in [-0.4, -0.2) is 17.1 Å². The van der Waals surface area contributed by atoms with Gasteiger partial charge in [-0.15, -0.1) is 0 Å². The van der Waals surface area contributed by atoms with E-state index in [0.29, 0.717) is 32.9 Å². The summed E-state index contributed by atoms with van der Waals surface area (Å²) in [6.45, 7) is 0. The van der Waals surface area contributed by atoms with Crippen molar-refractivity contribution in [1.82, 2.24) is 0 Å². The Balaban J connectivity index is 1.70. The molecule has 9 heteroatoms. The molecule has 2 amide bonds. The molecule has 3 aromatic rings. The zero-order chi connectivity index (χ0) is 24.2. The van der Waals surface area contributed by atoms with E-state index in [1.165, 1.54) is 16.7 Å². The summed E-state index contributed by atoms with van der Waals surface area (Å²) in [5, 5.41) is 13.7. The van der Waals surface area contributed by atoms with Gasteiger partial charge in [0.25, 0.3) is 5.91 Å². The van der Waals surface area contributed by atoms with Gasteiger partial charge >= 0.3 is 0 Å². The molecule has 1 heterocycles. The van der Waals surface area contributed by atoms with Gasteiger partial charge in [0.05, 0.1) is 15.3 Å². The van der Waals surface area contributed by atoms with Crippen molar-refractivity contribution in [1.29, 1.82) is 5.26 Å². The molecule has 1 aliphatic heterocycles. The molecule has 4 rings (SSSR count). The first kappa shape index (κ1) is 24.2. The summed E-state index contributed by atoms with van der Waals surface area (Å²) in [5.74, 6) is -0.847. The molecule has 34 heavy (non-hydrogen) atoms. The van der Waals surface area contributed by atoms with Crippen molar-refractivity contribution in [3.63, 3.8) is 0 Å². The quantitative estimate of drug-likeness (QED) is 0.295. The highest BCUT2D eigenvalue weighted by atomic mass is 35.5. The number of nitrogens with one attached hydrogen (secondary N) is 1. The largest absolute Gasteiger partial charge is 0.321 e. The summed E-state index contributed by atoms with van der Waals surface area (Å²) in [7, 11) is 0. The second-order valence-corrected chi connectivity index (χ2v) is 9.76. The minimum Gasteiger partial charge on any atom is -0.321 e. The molecule has 1 unspecified atom stereocenters. The molecule has 1 saturated heterocycles. The van der Waals surface area contributed by atoms with Gasteiger partial charge in [0.2, 0.25) is 5.91 Å². The summed E-state index contributed by atoms with van der Waals surface area (Å²) in [6, 6.07) is 22.6. The monoisotopic (exact) mass is 527 g/mol. The lowest BCUT2D eigenvalue weighted by atomic mass is 10.1. The first-order valence-electron chi connectivity index (χ1n) is 10.1. The van der Waals surface area contributed by atoms with E-state index in [1.54, 1.807) is 66.7 Å². The van der Waals surface area contributed by atoms with Crippen LogP contribution in [0.4, 0.5) is 11.4 Å². The van der Waals surface area contributed by atoms with Crippen molar-refractivity contribution in [2.45, 2.75) is 11.7 Å². The SMILES string of the molecule is N#C/C(C(=O)Nc1ccc(Cl)cc1)=C1/SC(Cc2ccc(Cl)c(Cl)c2)C(=O)N1c1ccccc1. The molecule has 0 aliphatic carbocycles. The number of nitrogens with zero attached hydrogens (tertiary/aromatic N) is 2. The van der Waals surface area contributed by atoms with Gasteiger partial charge in [0, 0.05) is 16.4 Å². The van der Waals surface area contributed by atoms with Gasteiger partial charge in [-0.3, -0.25) is 14.5 Å². The van der Waals surface area contributed by atoms with Crippen LogP contribution < -0.4 is 10.2 Å². The summed E-state index contributed by atoms with van der Waals surface area (Å²) in [6.07, 6.45) is 0.352. The molecule has 1 aliphatic rings. The Kier molecular flexibility index (Phi) is 7.50. The number of halogens is 3. The average molecular weight is 529 g/mol. The topological polar surface area (TPSA) is 73.2 Å². The van der Waals surface area contributed by atoms with E-state index in [2.05, 4.69) is 5.32 Å². The van der Waals surface area contributed by atoms with Crippen LogP contribution in [0.3, 0.4) is 0 Å². The first-order valence-corrected chi connectivity index (χ1v) is 12.1. The predicted molar refractivity (Wildman–Crippen MR) is 138 cm³/mol. The predicted octanol–water partition coefficient (Wildman–Crippen LogP) is 6.71. The number of carbonyl (C=O) groups excluding carboxylic acids is 2. The lowest BCUT2D eigenvalue weighted by molar-refractivity contribution is -0.117. The molecule has 0 spiro atoms. The number of para-hydroxylation sites is 1. The van der Waals surface area contributed by atoms with Crippen LogP contribution in [0.1, 0.15) is 5.56 Å². The Morgan fingerprint density at radius 2 is 1.71 bits per heavy atom. The Bertz CT molecular complexity index is 1320. The van der Waals surface area contributed by atoms with Gasteiger partial charge in [0.15, 0.2) is 0 Å². The molecular weight excluding hydrogens is 513 g/mol. The molecule has 170 valence electrons. The van der Waals surface area contributed by atoms with Gasteiger partial charge < -0.3 is 5.32 Å². The fourth-order valence-corrected chi connectivity index (χ4v) is 5.16. The van der Waals surface area contributed by atoms with Crippen LogP contribution >= 0.6 is 46.6 Å². The third-order valence-corrected chi connectivity index (χ3v) is 7.28. The number of thioether (sulfide) groups is 1. The summed E-state index contributed by atoms with van der Waals surface area (Å²) in [5.41, 5.74) is 1.71. The van der Waals surface area contributed by atoms with E-state index in [4.69, 9.17) is 34.8 Å². The van der Waals surface area contributed by atoms with Crippen LogP contribution in [0.5, 0.6) is 0 Å². The molecule has 0 aromatic heterocycles. The Morgan fingerprint density at radius 3 is 2.35 bits per heavy atom. The minimum absolute atomic E-state index is 0.159. The number of anilines is 2. The lowest BCUT2D eigenvalue weighted by Gasteiger charge is -2.18. The van der Waals surface area contributed by atoms with Crippen molar-refractivity contribution in [3.05, 3.63) is 104 Å². The maximum absolute atomic E-state index is 13.5. The zero-order valence-corrected chi connectivity index (χ0v) is 20.6. The number of carbonyl (C=O) groups is 2. The Labute approximate surface area is 215 Å². The normalized spacial score (nSPS) is 16.8. The van der Waals surface area contributed by atoms with E-state index in [-0.39, 0.29) is 16.5 Å². The smallest absolute Gasteiger partial charge is 0.269 e.